The monoisotopic (exact) mass is 337 g/mol. The van der Waals surface area contributed by atoms with Crippen LogP contribution >= 0.6 is 0 Å². The molecule has 2 N–H and O–H groups in total. The minimum Gasteiger partial charge on any atom is -0.492 e. The molecule has 3 aromatic rings. The predicted molar refractivity (Wildman–Crippen MR) is 101 cm³/mol. The number of fused-ring (bicyclic) bond motifs is 1. The van der Waals surface area contributed by atoms with Gasteiger partial charge in [0, 0.05) is 43.3 Å². The number of rotatable bonds is 6. The van der Waals surface area contributed by atoms with E-state index in [1.54, 1.807) is 25.1 Å². The molecule has 5 nitrogen and oxygen atoms in total. The van der Waals surface area contributed by atoms with Crippen LogP contribution in [0.25, 0.3) is 10.9 Å². The molecule has 1 amide bonds. The van der Waals surface area contributed by atoms with Gasteiger partial charge in [-0.3, -0.25) is 4.79 Å². The first kappa shape index (κ1) is 16.9. The molecule has 0 bridgehead atoms. The van der Waals surface area contributed by atoms with Crippen LogP contribution in [0.3, 0.4) is 0 Å². The average molecular weight is 337 g/mol. The first-order valence-electron chi connectivity index (χ1n) is 8.37. The van der Waals surface area contributed by atoms with Crippen LogP contribution in [0.5, 0.6) is 5.75 Å². The van der Waals surface area contributed by atoms with Crippen LogP contribution in [0.4, 0.5) is 5.69 Å². The lowest BCUT2D eigenvalue weighted by molar-refractivity contribution is 0.0827. The Labute approximate surface area is 147 Å². The molecule has 0 spiro atoms. The fraction of sp³-hybridized carbons (Fsp3) is 0.250. The summed E-state index contributed by atoms with van der Waals surface area (Å²) in [4.78, 5) is 16.9. The van der Waals surface area contributed by atoms with Gasteiger partial charge in [0.1, 0.15) is 5.75 Å². The number of hydrogen-bond donors (Lipinski definition) is 2. The van der Waals surface area contributed by atoms with Crippen molar-refractivity contribution < 1.29 is 9.53 Å². The van der Waals surface area contributed by atoms with Gasteiger partial charge in [0.05, 0.1) is 12.3 Å². The van der Waals surface area contributed by atoms with Crippen molar-refractivity contribution in [2.45, 2.75) is 13.5 Å². The van der Waals surface area contributed by atoms with Crippen LogP contribution in [0.1, 0.15) is 22.8 Å². The van der Waals surface area contributed by atoms with E-state index >= 15 is 0 Å². The van der Waals surface area contributed by atoms with Gasteiger partial charge in [-0.1, -0.05) is 12.1 Å². The first-order chi connectivity index (χ1) is 12.1. The molecule has 0 aliphatic rings. The summed E-state index contributed by atoms with van der Waals surface area (Å²) in [5.74, 6) is 0.654. The van der Waals surface area contributed by atoms with Gasteiger partial charge in [0.15, 0.2) is 0 Å². The molecule has 130 valence electrons. The van der Waals surface area contributed by atoms with E-state index in [1.807, 2.05) is 31.3 Å². The number of aromatic nitrogens is 1. The van der Waals surface area contributed by atoms with Crippen LogP contribution in [0, 0.1) is 0 Å². The van der Waals surface area contributed by atoms with E-state index in [4.69, 9.17) is 4.74 Å². The van der Waals surface area contributed by atoms with Crippen LogP contribution in [0.2, 0.25) is 0 Å². The summed E-state index contributed by atoms with van der Waals surface area (Å²) in [5.41, 5.74) is 3.82. The van der Waals surface area contributed by atoms with Gasteiger partial charge in [-0.25, -0.2) is 0 Å². The molecule has 25 heavy (non-hydrogen) atoms. The molecule has 0 unspecified atom stereocenters. The van der Waals surface area contributed by atoms with Crippen LogP contribution in [-0.4, -0.2) is 36.5 Å². The highest BCUT2D eigenvalue weighted by atomic mass is 16.5. The summed E-state index contributed by atoms with van der Waals surface area (Å²) in [6, 6.07) is 13.8. The Morgan fingerprint density at radius 2 is 2.04 bits per heavy atom. The van der Waals surface area contributed by atoms with Crippen molar-refractivity contribution >= 4 is 22.5 Å². The molecule has 2 aromatic carbocycles. The van der Waals surface area contributed by atoms with E-state index in [0.29, 0.717) is 24.5 Å². The summed E-state index contributed by atoms with van der Waals surface area (Å²) >= 11 is 0. The number of nitrogens with zero attached hydrogens (tertiary/aromatic N) is 1. The Morgan fingerprint density at radius 1 is 1.20 bits per heavy atom. The summed E-state index contributed by atoms with van der Waals surface area (Å²) < 4.78 is 5.73. The smallest absolute Gasteiger partial charge is 0.253 e. The van der Waals surface area contributed by atoms with Gasteiger partial charge >= 0.3 is 0 Å². The number of hydrogen-bond acceptors (Lipinski definition) is 3. The molecule has 0 aliphatic carbocycles. The Hall–Kier alpha value is -2.95. The van der Waals surface area contributed by atoms with Crippen molar-refractivity contribution in [2.24, 2.45) is 0 Å². The maximum atomic E-state index is 12.2. The zero-order chi connectivity index (χ0) is 17.8. The Kier molecular flexibility index (Phi) is 4.93. The number of amides is 1. The van der Waals surface area contributed by atoms with Crippen molar-refractivity contribution in [3.63, 3.8) is 0 Å². The van der Waals surface area contributed by atoms with E-state index in [0.717, 1.165) is 11.2 Å². The predicted octanol–water partition coefficient (Wildman–Crippen LogP) is 3.88. The second-order valence-corrected chi connectivity index (χ2v) is 6.05. The lowest BCUT2D eigenvalue weighted by atomic mass is 10.1. The number of aromatic amines is 1. The molecule has 5 heteroatoms. The second-order valence-electron chi connectivity index (χ2n) is 6.05. The molecule has 0 saturated heterocycles. The lowest BCUT2D eigenvalue weighted by Crippen LogP contribution is -2.21. The first-order valence-corrected chi connectivity index (χ1v) is 8.37. The number of carbonyl (C=O) groups is 1. The van der Waals surface area contributed by atoms with E-state index in [-0.39, 0.29) is 5.91 Å². The Bertz CT molecular complexity index is 884. The van der Waals surface area contributed by atoms with Crippen LogP contribution < -0.4 is 10.1 Å². The summed E-state index contributed by atoms with van der Waals surface area (Å²) in [6.07, 6.45) is 1.95. The Morgan fingerprint density at radius 3 is 2.80 bits per heavy atom. The topological polar surface area (TPSA) is 57.4 Å². The molecule has 0 saturated carbocycles. The quantitative estimate of drug-likeness (QED) is 0.718. The van der Waals surface area contributed by atoms with Crippen molar-refractivity contribution in [2.75, 3.05) is 26.0 Å². The van der Waals surface area contributed by atoms with Crippen molar-refractivity contribution in [1.29, 1.82) is 0 Å². The molecule has 0 aliphatic heterocycles. The van der Waals surface area contributed by atoms with Gasteiger partial charge in [0.25, 0.3) is 5.91 Å². The van der Waals surface area contributed by atoms with Gasteiger partial charge in [0.2, 0.25) is 0 Å². The highest BCUT2D eigenvalue weighted by Gasteiger charge is 2.12. The van der Waals surface area contributed by atoms with Crippen molar-refractivity contribution in [3.8, 4) is 5.75 Å². The van der Waals surface area contributed by atoms with E-state index < -0.39 is 0 Å². The molecular weight excluding hydrogens is 314 g/mol. The number of H-pyrrole nitrogens is 1. The van der Waals surface area contributed by atoms with Gasteiger partial charge in [-0.2, -0.15) is 0 Å². The number of anilines is 1. The molecule has 0 atom stereocenters. The van der Waals surface area contributed by atoms with Crippen molar-refractivity contribution in [1.82, 2.24) is 9.88 Å². The summed E-state index contributed by atoms with van der Waals surface area (Å²) in [5, 5.41) is 4.63. The van der Waals surface area contributed by atoms with Crippen molar-refractivity contribution in [3.05, 3.63) is 59.8 Å². The molecule has 0 fully saturated rings. The maximum absolute atomic E-state index is 12.2. The highest BCUT2D eigenvalue weighted by Crippen LogP contribution is 2.28. The molecular formula is C20H23N3O2. The fourth-order valence-corrected chi connectivity index (χ4v) is 2.83. The third kappa shape index (κ3) is 3.60. The second kappa shape index (κ2) is 7.30. The largest absolute Gasteiger partial charge is 0.492 e. The molecule has 1 aromatic heterocycles. The Balaban J connectivity index is 1.84. The molecule has 0 radical (unpaired) electrons. The van der Waals surface area contributed by atoms with Gasteiger partial charge in [-0.15, -0.1) is 0 Å². The van der Waals surface area contributed by atoms with E-state index in [9.17, 15) is 4.79 Å². The minimum atomic E-state index is -0.0374. The number of carbonyl (C=O) groups excluding carboxylic acids is 1. The fourth-order valence-electron chi connectivity index (χ4n) is 2.83. The van der Waals surface area contributed by atoms with Gasteiger partial charge in [-0.05, 0) is 42.8 Å². The SMILES string of the molecule is CCOc1cc(C(=O)N(C)C)ccc1NCc1cccc2[nH]ccc12. The summed E-state index contributed by atoms with van der Waals surface area (Å²) in [6.45, 7) is 3.16. The van der Waals surface area contributed by atoms with Crippen LogP contribution in [-0.2, 0) is 6.54 Å². The maximum Gasteiger partial charge on any atom is 0.253 e. The number of ether oxygens (including phenoxy) is 1. The zero-order valence-electron chi connectivity index (χ0n) is 14.8. The average Bonchev–Trinajstić information content (AvgIpc) is 3.09. The minimum absolute atomic E-state index is 0.0374. The number of nitrogens with one attached hydrogen (secondary N) is 2. The van der Waals surface area contributed by atoms with E-state index in [2.05, 4.69) is 28.5 Å². The van der Waals surface area contributed by atoms with Crippen LogP contribution in [0.15, 0.2) is 48.7 Å². The third-order valence-corrected chi connectivity index (χ3v) is 4.09. The normalized spacial score (nSPS) is 10.7. The van der Waals surface area contributed by atoms with E-state index in [1.165, 1.54) is 10.9 Å². The number of benzene rings is 2. The molecule has 3 rings (SSSR count). The van der Waals surface area contributed by atoms with Gasteiger partial charge < -0.3 is 19.9 Å². The standard InChI is InChI=1S/C20H23N3O2/c1-4-25-19-12-14(20(24)23(2)3)8-9-18(19)22-13-15-6-5-7-17-16(15)10-11-21-17/h5-12,21-22H,4,13H2,1-3H3. The highest BCUT2D eigenvalue weighted by molar-refractivity contribution is 5.95. The zero-order valence-corrected chi connectivity index (χ0v) is 14.8. The third-order valence-electron chi connectivity index (χ3n) is 4.09. The molecule has 1 heterocycles. The summed E-state index contributed by atoms with van der Waals surface area (Å²) in [7, 11) is 3.48. The lowest BCUT2D eigenvalue weighted by Gasteiger charge is -2.16.